The number of nitriles is 1. The Balaban J connectivity index is 1.31. The summed E-state index contributed by atoms with van der Waals surface area (Å²) in [5.74, 6) is 0.296. The highest BCUT2D eigenvalue weighted by atomic mass is 16.4. The molecule has 0 bridgehead atoms. The maximum Gasteiger partial charge on any atom is 0.299 e. The van der Waals surface area contributed by atoms with Crippen LogP contribution in [0.25, 0.3) is 27.8 Å². The zero-order valence-corrected chi connectivity index (χ0v) is 17.1. The number of nitrogens with one attached hydrogen (secondary N) is 2. The lowest BCUT2D eigenvalue weighted by Crippen LogP contribution is -2.35. The molecule has 4 aromatic rings. The first-order valence-electron chi connectivity index (χ1n) is 10.3. The smallest absolute Gasteiger partial charge is 0.299 e. The number of fused-ring (bicyclic) bond motifs is 2. The molecule has 0 aromatic carbocycles. The first kappa shape index (κ1) is 19.1. The van der Waals surface area contributed by atoms with Gasteiger partial charge in [-0.1, -0.05) is 0 Å². The molecule has 2 N–H and O–H groups in total. The van der Waals surface area contributed by atoms with E-state index in [9.17, 15) is 5.26 Å². The van der Waals surface area contributed by atoms with Crippen molar-refractivity contribution in [1.29, 1.82) is 5.26 Å². The van der Waals surface area contributed by atoms with Gasteiger partial charge in [0.15, 0.2) is 0 Å². The fourth-order valence-electron chi connectivity index (χ4n) is 4.13. The van der Waals surface area contributed by atoms with Gasteiger partial charge >= 0.3 is 0 Å². The van der Waals surface area contributed by atoms with Gasteiger partial charge in [-0.3, -0.25) is 0 Å². The fourth-order valence-corrected chi connectivity index (χ4v) is 4.13. The van der Waals surface area contributed by atoms with E-state index in [2.05, 4.69) is 41.2 Å². The molecule has 5 rings (SSSR count). The number of allylic oxidation sites excluding steroid dienone is 1. The summed E-state index contributed by atoms with van der Waals surface area (Å²) < 4.78 is 5.82. The van der Waals surface area contributed by atoms with Crippen molar-refractivity contribution in [3.63, 3.8) is 0 Å². The summed E-state index contributed by atoms with van der Waals surface area (Å²) in [6.07, 6.45) is 8.45. The van der Waals surface area contributed by atoms with E-state index in [1.165, 1.54) is 0 Å². The fraction of sp³-hybridized carbons (Fsp3) is 0.318. The second-order valence-electron chi connectivity index (χ2n) is 7.74. The van der Waals surface area contributed by atoms with E-state index in [1.807, 2.05) is 37.5 Å². The Hall–Kier alpha value is -3.93. The van der Waals surface area contributed by atoms with Gasteiger partial charge in [-0.25, -0.2) is 15.0 Å². The van der Waals surface area contributed by atoms with Gasteiger partial charge in [-0.2, -0.15) is 10.2 Å². The number of pyridine rings is 1. The Bertz CT molecular complexity index is 1250. The number of hydrogen-bond acceptors (Lipinski definition) is 8. The topological polar surface area (TPSA) is 120 Å². The van der Waals surface area contributed by atoms with Gasteiger partial charge in [0.25, 0.3) is 6.01 Å². The summed E-state index contributed by atoms with van der Waals surface area (Å²) in [7, 11) is 0. The Labute approximate surface area is 178 Å². The summed E-state index contributed by atoms with van der Waals surface area (Å²) in [4.78, 5) is 22.7. The number of aromatic amines is 1. The first-order valence-corrected chi connectivity index (χ1v) is 10.3. The second kappa shape index (κ2) is 8.07. The molecule has 2 unspecified atom stereocenters. The Morgan fingerprint density at radius 3 is 3.23 bits per heavy atom. The molecule has 0 aliphatic carbocycles. The van der Waals surface area contributed by atoms with Crippen molar-refractivity contribution >= 4 is 33.9 Å². The van der Waals surface area contributed by atoms with Gasteiger partial charge in [0, 0.05) is 43.1 Å². The van der Waals surface area contributed by atoms with Gasteiger partial charge < -0.3 is 19.6 Å². The standard InChI is InChI=1S/C22H22N8O/c1-14(19-16-5-9-24-20(16)28-13-27-19)11-26-17(4-7-23)15-6-10-30(12-15)22-29-18-3-2-8-25-21(18)31-22/h2-3,5,8-9,11,13,15,17,26H,4,6,10,12H2,1H3,(H,24,27,28)/b14-11+. The average Bonchev–Trinajstić information content (AvgIpc) is 3.54. The molecule has 1 aliphatic rings. The highest BCUT2D eigenvalue weighted by Crippen LogP contribution is 2.28. The van der Waals surface area contributed by atoms with Crippen LogP contribution in [0.5, 0.6) is 0 Å². The molecule has 1 aliphatic heterocycles. The number of anilines is 1. The predicted molar refractivity (Wildman–Crippen MR) is 117 cm³/mol. The largest absolute Gasteiger partial charge is 0.404 e. The molecule has 9 heteroatoms. The van der Waals surface area contributed by atoms with Crippen molar-refractivity contribution in [2.75, 3.05) is 18.0 Å². The van der Waals surface area contributed by atoms with Crippen LogP contribution in [0.2, 0.25) is 0 Å². The van der Waals surface area contributed by atoms with E-state index < -0.39 is 0 Å². The quantitative estimate of drug-likeness (QED) is 0.493. The molecule has 0 radical (unpaired) electrons. The first-order chi connectivity index (χ1) is 15.2. The van der Waals surface area contributed by atoms with Crippen LogP contribution in [0.3, 0.4) is 0 Å². The lowest BCUT2D eigenvalue weighted by Gasteiger charge is -2.22. The van der Waals surface area contributed by atoms with Crippen molar-refractivity contribution in [3.05, 3.63) is 48.8 Å². The Morgan fingerprint density at radius 1 is 1.42 bits per heavy atom. The third-order valence-electron chi connectivity index (χ3n) is 5.77. The normalized spacial score (nSPS) is 17.9. The number of H-pyrrole nitrogens is 1. The van der Waals surface area contributed by atoms with E-state index in [0.717, 1.165) is 47.3 Å². The summed E-state index contributed by atoms with van der Waals surface area (Å²) in [6.45, 7) is 3.62. The van der Waals surface area contributed by atoms with Gasteiger partial charge in [-0.15, -0.1) is 0 Å². The van der Waals surface area contributed by atoms with Crippen LogP contribution in [0.15, 0.2) is 47.5 Å². The van der Waals surface area contributed by atoms with Gasteiger partial charge in [0.1, 0.15) is 17.5 Å². The van der Waals surface area contributed by atoms with Crippen LogP contribution in [-0.2, 0) is 0 Å². The van der Waals surface area contributed by atoms with Crippen LogP contribution >= 0.6 is 0 Å². The lowest BCUT2D eigenvalue weighted by atomic mass is 9.96. The van der Waals surface area contributed by atoms with Crippen molar-refractivity contribution in [2.24, 2.45) is 5.92 Å². The van der Waals surface area contributed by atoms with Crippen LogP contribution in [0.4, 0.5) is 6.01 Å². The maximum atomic E-state index is 9.38. The molecule has 0 spiro atoms. The molecule has 2 atom stereocenters. The molecular weight excluding hydrogens is 392 g/mol. The van der Waals surface area contributed by atoms with Crippen LogP contribution in [-0.4, -0.2) is 44.1 Å². The number of hydrogen-bond donors (Lipinski definition) is 2. The molecule has 156 valence electrons. The molecule has 1 saturated heterocycles. The maximum absolute atomic E-state index is 9.38. The van der Waals surface area contributed by atoms with Crippen molar-refractivity contribution in [1.82, 2.24) is 30.2 Å². The van der Waals surface area contributed by atoms with Gasteiger partial charge in [0.2, 0.25) is 5.71 Å². The van der Waals surface area contributed by atoms with Gasteiger partial charge in [0.05, 0.1) is 18.2 Å². The highest BCUT2D eigenvalue weighted by molar-refractivity contribution is 5.87. The molecular formula is C22H22N8O. The Kier molecular flexibility index (Phi) is 4.96. The minimum absolute atomic E-state index is 0.0241. The molecule has 4 aromatic heterocycles. The van der Waals surface area contributed by atoms with Crippen molar-refractivity contribution < 1.29 is 4.42 Å². The zero-order valence-electron chi connectivity index (χ0n) is 17.1. The van der Waals surface area contributed by atoms with E-state index in [0.29, 0.717) is 24.1 Å². The van der Waals surface area contributed by atoms with E-state index in [4.69, 9.17) is 4.42 Å². The van der Waals surface area contributed by atoms with Crippen molar-refractivity contribution in [2.45, 2.75) is 25.8 Å². The van der Waals surface area contributed by atoms with E-state index in [1.54, 1.807) is 12.5 Å². The van der Waals surface area contributed by atoms with Crippen LogP contribution in [0.1, 0.15) is 25.5 Å². The average molecular weight is 414 g/mol. The SMILES string of the molecule is C/C(=C\NC(CC#N)C1CCN(c2nc3cccnc3o2)C1)c1ncnc2[nH]ccc12. The minimum Gasteiger partial charge on any atom is -0.404 e. The third-order valence-corrected chi connectivity index (χ3v) is 5.77. The summed E-state index contributed by atoms with van der Waals surface area (Å²) >= 11 is 0. The van der Waals surface area contributed by atoms with E-state index in [-0.39, 0.29) is 6.04 Å². The number of aromatic nitrogens is 5. The minimum atomic E-state index is 0.0241. The van der Waals surface area contributed by atoms with Crippen LogP contribution < -0.4 is 10.2 Å². The second-order valence-corrected chi connectivity index (χ2v) is 7.74. The number of rotatable bonds is 6. The predicted octanol–water partition coefficient (Wildman–Crippen LogP) is 3.25. The monoisotopic (exact) mass is 414 g/mol. The number of oxazole rings is 1. The highest BCUT2D eigenvalue weighted by Gasteiger charge is 2.31. The summed E-state index contributed by atoms with van der Waals surface area (Å²) in [5, 5.41) is 13.8. The third kappa shape index (κ3) is 3.68. The van der Waals surface area contributed by atoms with Gasteiger partial charge in [-0.05, 0) is 43.0 Å². The molecule has 5 heterocycles. The van der Waals surface area contributed by atoms with Crippen LogP contribution in [0, 0.1) is 17.2 Å². The number of nitrogens with zero attached hydrogens (tertiary/aromatic N) is 6. The zero-order chi connectivity index (χ0) is 21.2. The van der Waals surface area contributed by atoms with Crippen molar-refractivity contribution in [3.8, 4) is 6.07 Å². The molecule has 0 amide bonds. The molecule has 1 fully saturated rings. The molecule has 0 saturated carbocycles. The Morgan fingerprint density at radius 2 is 2.35 bits per heavy atom. The summed E-state index contributed by atoms with van der Waals surface area (Å²) in [6, 6.07) is 8.65. The molecule has 31 heavy (non-hydrogen) atoms. The molecule has 9 nitrogen and oxygen atoms in total. The summed E-state index contributed by atoms with van der Waals surface area (Å²) in [5.41, 5.74) is 3.99. The lowest BCUT2D eigenvalue weighted by molar-refractivity contribution is 0.417. The van der Waals surface area contributed by atoms with E-state index >= 15 is 0 Å².